The van der Waals surface area contributed by atoms with Crippen molar-refractivity contribution in [1.29, 1.82) is 0 Å². The van der Waals surface area contributed by atoms with Crippen LogP contribution in [-0.2, 0) is 6.54 Å². The van der Waals surface area contributed by atoms with Crippen molar-refractivity contribution in [3.63, 3.8) is 0 Å². The minimum atomic E-state index is -0.236. The normalized spacial score (nSPS) is 10.9. The van der Waals surface area contributed by atoms with Gasteiger partial charge in [-0.05, 0) is 31.2 Å². The van der Waals surface area contributed by atoms with Crippen LogP contribution in [0.2, 0.25) is 0 Å². The summed E-state index contributed by atoms with van der Waals surface area (Å²) >= 11 is 0. The number of rotatable bonds is 5. The summed E-state index contributed by atoms with van der Waals surface area (Å²) in [6.45, 7) is 2.13. The van der Waals surface area contributed by atoms with Gasteiger partial charge in [0.25, 0.3) is 5.91 Å². The lowest BCUT2D eigenvalue weighted by Crippen LogP contribution is -2.26. The van der Waals surface area contributed by atoms with Gasteiger partial charge in [-0.25, -0.2) is 0 Å². The molecule has 1 N–H and O–H groups in total. The molecule has 136 valence electrons. The fourth-order valence-corrected chi connectivity index (χ4v) is 2.68. The SMILES string of the molecule is Cc1ccc(-c2cc(C(=O)N(C)Cc3cc(-c4cccnc4)no3)n[nH]2)o1. The van der Waals surface area contributed by atoms with E-state index >= 15 is 0 Å². The quantitative estimate of drug-likeness (QED) is 0.584. The van der Waals surface area contributed by atoms with Gasteiger partial charge in [-0.3, -0.25) is 14.9 Å². The number of aryl methyl sites for hydroxylation is 1. The Labute approximate surface area is 154 Å². The van der Waals surface area contributed by atoms with Crippen LogP contribution < -0.4 is 0 Å². The van der Waals surface area contributed by atoms with Crippen molar-refractivity contribution in [2.75, 3.05) is 7.05 Å². The smallest absolute Gasteiger partial charge is 0.274 e. The molecule has 0 saturated carbocycles. The molecule has 0 aromatic carbocycles. The summed E-state index contributed by atoms with van der Waals surface area (Å²) in [6, 6.07) is 10.9. The zero-order chi connectivity index (χ0) is 18.8. The van der Waals surface area contributed by atoms with Gasteiger partial charge in [-0.15, -0.1) is 0 Å². The predicted octanol–water partition coefficient (Wildman–Crippen LogP) is 3.30. The van der Waals surface area contributed by atoms with Crippen molar-refractivity contribution >= 4 is 5.91 Å². The zero-order valence-electron chi connectivity index (χ0n) is 14.8. The Morgan fingerprint density at radius 3 is 2.89 bits per heavy atom. The molecule has 0 saturated heterocycles. The average molecular weight is 363 g/mol. The Morgan fingerprint density at radius 2 is 2.15 bits per heavy atom. The third-order valence-corrected chi connectivity index (χ3v) is 4.06. The number of pyridine rings is 1. The maximum absolute atomic E-state index is 12.6. The van der Waals surface area contributed by atoms with Crippen molar-refractivity contribution in [1.82, 2.24) is 25.2 Å². The maximum atomic E-state index is 12.6. The molecule has 1 amide bonds. The van der Waals surface area contributed by atoms with Gasteiger partial charge in [0, 0.05) is 37.1 Å². The lowest BCUT2D eigenvalue weighted by molar-refractivity contribution is 0.0766. The predicted molar refractivity (Wildman–Crippen MR) is 96.6 cm³/mol. The molecule has 0 atom stereocenters. The fraction of sp³-hybridized carbons (Fsp3) is 0.158. The highest BCUT2D eigenvalue weighted by Crippen LogP contribution is 2.22. The summed E-state index contributed by atoms with van der Waals surface area (Å²) < 4.78 is 10.9. The molecule has 27 heavy (non-hydrogen) atoms. The first-order valence-corrected chi connectivity index (χ1v) is 8.34. The van der Waals surface area contributed by atoms with E-state index in [9.17, 15) is 4.79 Å². The molecular weight excluding hydrogens is 346 g/mol. The number of hydrogen-bond acceptors (Lipinski definition) is 6. The molecule has 0 radical (unpaired) electrons. The lowest BCUT2D eigenvalue weighted by atomic mass is 10.2. The Balaban J connectivity index is 1.46. The van der Waals surface area contributed by atoms with Crippen LogP contribution >= 0.6 is 0 Å². The monoisotopic (exact) mass is 363 g/mol. The van der Waals surface area contributed by atoms with Crippen molar-refractivity contribution in [2.24, 2.45) is 0 Å². The van der Waals surface area contributed by atoms with Crippen molar-refractivity contribution in [2.45, 2.75) is 13.5 Å². The third kappa shape index (κ3) is 3.50. The molecule has 4 aromatic rings. The van der Waals surface area contributed by atoms with Crippen molar-refractivity contribution in [3.8, 4) is 22.7 Å². The molecule has 8 nitrogen and oxygen atoms in total. The molecule has 4 aromatic heterocycles. The standard InChI is InChI=1S/C19H17N5O3/c1-12-5-6-18(26-12)16-9-17(22-21-16)19(25)24(2)11-14-8-15(23-27-14)13-4-3-7-20-10-13/h3-10H,11H2,1-2H3,(H,21,22). The van der Waals surface area contributed by atoms with Crippen LogP contribution in [0.5, 0.6) is 0 Å². The maximum Gasteiger partial charge on any atom is 0.274 e. The van der Waals surface area contributed by atoms with Crippen LogP contribution in [0.1, 0.15) is 22.0 Å². The van der Waals surface area contributed by atoms with Gasteiger partial charge in [-0.2, -0.15) is 5.10 Å². The summed E-state index contributed by atoms with van der Waals surface area (Å²) in [5.41, 5.74) is 2.48. The van der Waals surface area contributed by atoms with Crippen molar-refractivity contribution in [3.05, 3.63) is 66.0 Å². The second-order valence-electron chi connectivity index (χ2n) is 6.16. The molecule has 0 aliphatic carbocycles. The van der Waals surface area contributed by atoms with Crippen LogP contribution in [0.3, 0.4) is 0 Å². The van der Waals surface area contributed by atoms with E-state index in [0.29, 0.717) is 28.6 Å². The van der Waals surface area contributed by atoms with Gasteiger partial charge < -0.3 is 13.8 Å². The van der Waals surface area contributed by atoms with Gasteiger partial charge >= 0.3 is 0 Å². The van der Waals surface area contributed by atoms with Crippen LogP contribution in [0.25, 0.3) is 22.7 Å². The van der Waals surface area contributed by atoms with Gasteiger partial charge in [0.15, 0.2) is 17.2 Å². The Bertz CT molecular complexity index is 1060. The molecule has 4 heterocycles. The number of nitrogens with one attached hydrogen (secondary N) is 1. The highest BCUT2D eigenvalue weighted by atomic mass is 16.5. The number of carbonyl (C=O) groups excluding carboxylic acids is 1. The second-order valence-corrected chi connectivity index (χ2v) is 6.16. The minimum Gasteiger partial charge on any atom is -0.460 e. The van der Waals surface area contributed by atoms with Gasteiger partial charge in [0.1, 0.15) is 17.1 Å². The number of aromatic amines is 1. The van der Waals surface area contributed by atoms with Crippen molar-refractivity contribution < 1.29 is 13.7 Å². The first-order valence-electron chi connectivity index (χ1n) is 8.34. The third-order valence-electron chi connectivity index (χ3n) is 4.06. The van der Waals surface area contributed by atoms with E-state index in [1.54, 1.807) is 31.6 Å². The summed E-state index contributed by atoms with van der Waals surface area (Å²) in [7, 11) is 1.68. The molecule has 0 unspecified atom stereocenters. The van der Waals surface area contributed by atoms with E-state index < -0.39 is 0 Å². The van der Waals surface area contributed by atoms with E-state index in [4.69, 9.17) is 8.94 Å². The largest absolute Gasteiger partial charge is 0.460 e. The van der Waals surface area contributed by atoms with E-state index in [1.807, 2.05) is 31.2 Å². The summed E-state index contributed by atoms with van der Waals surface area (Å²) in [6.07, 6.45) is 3.40. The topological polar surface area (TPSA) is 101 Å². The number of furan rings is 1. The van der Waals surface area contributed by atoms with Crippen LogP contribution in [0, 0.1) is 6.92 Å². The number of aromatic nitrogens is 4. The highest BCUT2D eigenvalue weighted by molar-refractivity contribution is 5.93. The lowest BCUT2D eigenvalue weighted by Gasteiger charge is -2.13. The number of nitrogens with zero attached hydrogens (tertiary/aromatic N) is 4. The van der Waals surface area contributed by atoms with Gasteiger partial charge in [0.2, 0.25) is 0 Å². The first-order chi connectivity index (χ1) is 13.1. The Kier molecular flexibility index (Phi) is 4.29. The number of carbonyl (C=O) groups is 1. The fourth-order valence-electron chi connectivity index (χ4n) is 2.68. The number of amides is 1. The molecule has 0 spiro atoms. The second kappa shape index (κ2) is 6.91. The van der Waals surface area contributed by atoms with Crippen LogP contribution in [-0.4, -0.2) is 38.2 Å². The molecule has 0 bridgehead atoms. The van der Waals surface area contributed by atoms with Crippen LogP contribution in [0.15, 0.2) is 57.7 Å². The first kappa shape index (κ1) is 16.8. The molecule has 0 fully saturated rings. The zero-order valence-corrected chi connectivity index (χ0v) is 14.8. The molecular formula is C19H17N5O3. The summed E-state index contributed by atoms with van der Waals surface area (Å²) in [5.74, 6) is 1.76. The van der Waals surface area contributed by atoms with E-state index in [2.05, 4.69) is 20.3 Å². The Hall–Kier alpha value is -3.68. The average Bonchev–Trinajstić information content (AvgIpc) is 3.42. The highest BCUT2D eigenvalue weighted by Gasteiger charge is 2.19. The summed E-state index contributed by atoms with van der Waals surface area (Å²) in [4.78, 5) is 18.2. The van der Waals surface area contributed by atoms with E-state index in [-0.39, 0.29) is 12.5 Å². The molecule has 4 rings (SSSR count). The van der Waals surface area contributed by atoms with Gasteiger partial charge in [-0.1, -0.05) is 5.16 Å². The molecule has 0 aliphatic rings. The molecule has 0 aliphatic heterocycles. The molecule has 8 heteroatoms. The van der Waals surface area contributed by atoms with Gasteiger partial charge in [0.05, 0.1) is 6.54 Å². The minimum absolute atomic E-state index is 0.236. The van der Waals surface area contributed by atoms with E-state index in [0.717, 1.165) is 11.3 Å². The Morgan fingerprint density at radius 1 is 1.26 bits per heavy atom. The van der Waals surface area contributed by atoms with Crippen LogP contribution in [0.4, 0.5) is 0 Å². The number of hydrogen-bond donors (Lipinski definition) is 1. The summed E-state index contributed by atoms with van der Waals surface area (Å²) in [5, 5.41) is 10.9. The van der Waals surface area contributed by atoms with E-state index in [1.165, 1.54) is 4.90 Å². The number of H-pyrrole nitrogens is 1.